The third kappa shape index (κ3) is 6.97. The van der Waals surface area contributed by atoms with E-state index < -0.39 is 0 Å². The Hall–Kier alpha value is -1.47. The molecule has 2 rings (SSSR count). The molecule has 0 aromatic heterocycles. The molecule has 0 bridgehead atoms. The summed E-state index contributed by atoms with van der Waals surface area (Å²) in [5.74, 6) is 0.799. The van der Waals surface area contributed by atoms with Crippen LogP contribution in [0.1, 0.15) is 63.9 Å². The molecule has 1 heteroatoms. The maximum Gasteiger partial charge on any atom is 0.0119 e. The van der Waals surface area contributed by atoms with Crippen molar-refractivity contribution in [3.05, 3.63) is 77.3 Å². The van der Waals surface area contributed by atoms with Crippen LogP contribution >= 0.6 is 11.8 Å². The van der Waals surface area contributed by atoms with Crippen LogP contribution in [0.4, 0.5) is 0 Å². The zero-order valence-electron chi connectivity index (χ0n) is 15.1. The first-order valence-corrected chi connectivity index (χ1v) is 10.0. The molecule has 0 amide bonds. The second-order valence-corrected chi connectivity index (χ2v) is 7.72. The summed E-state index contributed by atoms with van der Waals surface area (Å²) in [5.41, 5.74) is 1.54. The van der Waals surface area contributed by atoms with Gasteiger partial charge in [0.15, 0.2) is 0 Å². The van der Waals surface area contributed by atoms with Crippen molar-refractivity contribution in [3.8, 4) is 0 Å². The summed E-state index contributed by atoms with van der Waals surface area (Å²) < 4.78 is 0. The van der Waals surface area contributed by atoms with Crippen LogP contribution in [0.3, 0.4) is 0 Å². The SMILES string of the molecule is C/C=C\C=C/C/C=C\C=C(\C)Sc1ccc(C2CCCCC2)cc1. The van der Waals surface area contributed by atoms with Crippen molar-refractivity contribution in [2.24, 2.45) is 0 Å². The van der Waals surface area contributed by atoms with E-state index in [9.17, 15) is 0 Å². The van der Waals surface area contributed by atoms with E-state index in [1.165, 1.54) is 47.5 Å². The van der Waals surface area contributed by atoms with E-state index >= 15 is 0 Å². The monoisotopic (exact) mass is 338 g/mol. The van der Waals surface area contributed by atoms with Gasteiger partial charge in [0.05, 0.1) is 0 Å². The lowest BCUT2D eigenvalue weighted by atomic mass is 9.84. The first-order chi connectivity index (χ1) is 11.8. The molecular weight excluding hydrogens is 308 g/mol. The molecular formula is C23H30S. The Morgan fingerprint density at radius 2 is 1.71 bits per heavy atom. The van der Waals surface area contributed by atoms with E-state index in [1.54, 1.807) is 0 Å². The van der Waals surface area contributed by atoms with Crippen molar-refractivity contribution in [3.63, 3.8) is 0 Å². The third-order valence-corrected chi connectivity index (χ3v) is 5.38. The number of benzene rings is 1. The molecule has 24 heavy (non-hydrogen) atoms. The zero-order valence-corrected chi connectivity index (χ0v) is 15.9. The summed E-state index contributed by atoms with van der Waals surface area (Å²) in [5, 5.41) is 0. The molecule has 0 spiro atoms. The minimum absolute atomic E-state index is 0.799. The molecule has 0 N–H and O–H groups in total. The standard InChI is InChI=1S/C23H30S/c1-3-4-5-6-7-8-10-13-20(2)24-23-18-16-22(17-19-23)21-14-11-9-12-15-21/h3-6,8,10,13,16-19,21H,7,9,11-12,14-15H2,1-2H3/b4-3-,6-5-,10-8-,20-13-. The van der Waals surface area contributed by atoms with Gasteiger partial charge < -0.3 is 0 Å². The van der Waals surface area contributed by atoms with E-state index in [0.717, 1.165) is 12.3 Å². The molecule has 0 aliphatic heterocycles. The summed E-state index contributed by atoms with van der Waals surface area (Å²) in [4.78, 5) is 2.67. The number of hydrogen-bond donors (Lipinski definition) is 0. The van der Waals surface area contributed by atoms with Gasteiger partial charge in [0, 0.05) is 4.90 Å². The van der Waals surface area contributed by atoms with Gasteiger partial charge in [0.2, 0.25) is 0 Å². The second kappa shape index (κ2) is 11.1. The molecule has 1 fully saturated rings. The van der Waals surface area contributed by atoms with E-state index in [-0.39, 0.29) is 0 Å². The van der Waals surface area contributed by atoms with E-state index in [4.69, 9.17) is 0 Å². The average molecular weight is 339 g/mol. The Labute approximate surface area is 152 Å². The lowest BCUT2D eigenvalue weighted by Gasteiger charge is -2.22. The van der Waals surface area contributed by atoms with Gasteiger partial charge in [-0.05, 0) is 61.6 Å². The topological polar surface area (TPSA) is 0 Å². The highest BCUT2D eigenvalue weighted by molar-refractivity contribution is 8.03. The van der Waals surface area contributed by atoms with Crippen molar-refractivity contribution >= 4 is 11.8 Å². The Morgan fingerprint density at radius 3 is 2.42 bits per heavy atom. The van der Waals surface area contributed by atoms with Crippen molar-refractivity contribution in [2.75, 3.05) is 0 Å². The van der Waals surface area contributed by atoms with Gasteiger partial charge in [-0.2, -0.15) is 0 Å². The van der Waals surface area contributed by atoms with Gasteiger partial charge in [-0.15, -0.1) is 0 Å². The normalized spacial score (nSPS) is 17.5. The fourth-order valence-corrected chi connectivity index (χ4v) is 3.88. The van der Waals surface area contributed by atoms with Crippen LogP contribution < -0.4 is 0 Å². The number of allylic oxidation sites excluding steroid dienone is 8. The summed E-state index contributed by atoms with van der Waals surface area (Å²) in [7, 11) is 0. The van der Waals surface area contributed by atoms with Gasteiger partial charge in [0.1, 0.15) is 0 Å². The molecule has 0 unspecified atom stereocenters. The predicted octanol–water partition coefficient (Wildman–Crippen LogP) is 7.81. The highest BCUT2D eigenvalue weighted by Gasteiger charge is 2.14. The molecule has 0 saturated heterocycles. The molecule has 1 saturated carbocycles. The van der Waals surface area contributed by atoms with Crippen LogP contribution in [0, 0.1) is 0 Å². The van der Waals surface area contributed by atoms with Crippen LogP contribution in [-0.4, -0.2) is 0 Å². The summed E-state index contributed by atoms with van der Waals surface area (Å²) in [6.45, 7) is 4.21. The van der Waals surface area contributed by atoms with Crippen LogP contribution in [0.25, 0.3) is 0 Å². The number of rotatable bonds is 7. The van der Waals surface area contributed by atoms with Gasteiger partial charge in [-0.3, -0.25) is 0 Å². The van der Waals surface area contributed by atoms with Crippen LogP contribution in [0.15, 0.2) is 76.6 Å². The summed E-state index contributed by atoms with van der Waals surface area (Å²) >= 11 is 1.85. The minimum Gasteiger partial charge on any atom is -0.0949 e. The quantitative estimate of drug-likeness (QED) is 0.361. The molecule has 128 valence electrons. The Balaban J connectivity index is 1.81. The fourth-order valence-electron chi connectivity index (χ4n) is 3.09. The number of thioether (sulfide) groups is 1. The van der Waals surface area contributed by atoms with E-state index in [1.807, 2.05) is 24.8 Å². The highest BCUT2D eigenvalue weighted by Crippen LogP contribution is 2.34. The molecule has 0 heterocycles. The molecule has 0 atom stereocenters. The predicted molar refractivity (Wildman–Crippen MR) is 110 cm³/mol. The van der Waals surface area contributed by atoms with Gasteiger partial charge in [-0.1, -0.05) is 85.7 Å². The van der Waals surface area contributed by atoms with Crippen molar-refractivity contribution in [1.82, 2.24) is 0 Å². The Morgan fingerprint density at radius 1 is 1.00 bits per heavy atom. The van der Waals surface area contributed by atoms with Crippen LogP contribution in [0.5, 0.6) is 0 Å². The lowest BCUT2D eigenvalue weighted by Crippen LogP contribution is -2.03. The second-order valence-electron chi connectivity index (χ2n) is 6.40. The molecule has 0 nitrogen and oxygen atoms in total. The Kier molecular flexibility index (Phi) is 8.76. The summed E-state index contributed by atoms with van der Waals surface area (Å²) in [6, 6.07) is 9.26. The van der Waals surface area contributed by atoms with E-state index in [0.29, 0.717) is 0 Å². The molecule has 1 aromatic carbocycles. The van der Waals surface area contributed by atoms with Crippen molar-refractivity contribution in [2.45, 2.75) is 63.2 Å². The van der Waals surface area contributed by atoms with Crippen LogP contribution in [0.2, 0.25) is 0 Å². The smallest absolute Gasteiger partial charge is 0.0119 e. The van der Waals surface area contributed by atoms with Gasteiger partial charge >= 0.3 is 0 Å². The first kappa shape index (κ1) is 18.9. The van der Waals surface area contributed by atoms with Gasteiger partial charge in [0.25, 0.3) is 0 Å². The molecule has 1 aromatic rings. The Bertz CT molecular complexity index is 581. The molecule has 1 aliphatic rings. The highest BCUT2D eigenvalue weighted by atomic mass is 32.2. The zero-order chi connectivity index (χ0) is 17.0. The van der Waals surface area contributed by atoms with E-state index in [2.05, 4.69) is 67.6 Å². The van der Waals surface area contributed by atoms with Gasteiger partial charge in [-0.25, -0.2) is 0 Å². The molecule has 0 radical (unpaired) electrons. The van der Waals surface area contributed by atoms with Crippen LogP contribution in [-0.2, 0) is 0 Å². The fraction of sp³-hybridized carbons (Fsp3) is 0.391. The van der Waals surface area contributed by atoms with Crippen molar-refractivity contribution in [1.29, 1.82) is 0 Å². The van der Waals surface area contributed by atoms with Crippen molar-refractivity contribution < 1.29 is 0 Å². The maximum absolute atomic E-state index is 2.34. The third-order valence-electron chi connectivity index (χ3n) is 4.41. The molecule has 1 aliphatic carbocycles. The first-order valence-electron chi connectivity index (χ1n) is 9.18. The maximum atomic E-state index is 2.34. The average Bonchev–Trinajstić information content (AvgIpc) is 2.62. The lowest BCUT2D eigenvalue weighted by molar-refractivity contribution is 0.443. The summed E-state index contributed by atoms with van der Waals surface area (Å²) in [6.07, 6.45) is 22.8. The number of hydrogen-bond acceptors (Lipinski definition) is 1. The minimum atomic E-state index is 0.799. The largest absolute Gasteiger partial charge is 0.0949 e.